The molecule has 3 N–H and O–H groups in total. The Morgan fingerprint density at radius 2 is 2.15 bits per heavy atom. The van der Waals surface area contributed by atoms with Crippen LogP contribution in [0.3, 0.4) is 0 Å². The van der Waals surface area contributed by atoms with E-state index >= 15 is 0 Å². The maximum atomic E-state index is 12.3. The SMILES string of the molecule is COc1ccc(CNCCCC(N)=O)cc1OC(F)F. The Hall–Kier alpha value is -1.89. The molecule has 5 nitrogen and oxygen atoms in total. The number of nitrogens with one attached hydrogen (secondary N) is 1. The summed E-state index contributed by atoms with van der Waals surface area (Å²) in [6.07, 6.45) is 0.946. The first kappa shape index (κ1) is 16.2. The third-order valence-electron chi connectivity index (χ3n) is 2.55. The van der Waals surface area contributed by atoms with Gasteiger partial charge in [0.1, 0.15) is 0 Å². The molecule has 0 saturated heterocycles. The maximum absolute atomic E-state index is 12.3. The highest BCUT2D eigenvalue weighted by Crippen LogP contribution is 2.29. The number of rotatable bonds is 9. The average molecular weight is 288 g/mol. The molecule has 0 unspecified atom stereocenters. The predicted molar refractivity (Wildman–Crippen MR) is 69.8 cm³/mol. The van der Waals surface area contributed by atoms with Crippen LogP contribution in [0.25, 0.3) is 0 Å². The van der Waals surface area contributed by atoms with Crippen molar-refractivity contribution >= 4 is 5.91 Å². The maximum Gasteiger partial charge on any atom is 0.387 e. The fraction of sp³-hybridized carbons (Fsp3) is 0.462. The highest BCUT2D eigenvalue weighted by atomic mass is 19.3. The number of hydrogen-bond donors (Lipinski definition) is 2. The van der Waals surface area contributed by atoms with Crippen LogP contribution in [0.2, 0.25) is 0 Å². The van der Waals surface area contributed by atoms with Crippen LogP contribution in [0, 0.1) is 0 Å². The molecule has 7 heteroatoms. The summed E-state index contributed by atoms with van der Waals surface area (Å²) in [6, 6.07) is 4.81. The molecule has 1 aromatic carbocycles. The highest BCUT2D eigenvalue weighted by Gasteiger charge is 2.11. The fourth-order valence-electron chi connectivity index (χ4n) is 1.64. The molecule has 0 saturated carbocycles. The first-order chi connectivity index (χ1) is 9.52. The van der Waals surface area contributed by atoms with Gasteiger partial charge < -0.3 is 20.5 Å². The smallest absolute Gasteiger partial charge is 0.387 e. The van der Waals surface area contributed by atoms with E-state index in [4.69, 9.17) is 10.5 Å². The van der Waals surface area contributed by atoms with Crippen LogP contribution >= 0.6 is 0 Å². The Labute approximate surface area is 116 Å². The number of ether oxygens (including phenoxy) is 2. The number of amides is 1. The lowest BCUT2D eigenvalue weighted by molar-refractivity contribution is -0.118. The zero-order chi connectivity index (χ0) is 15.0. The van der Waals surface area contributed by atoms with E-state index in [0.29, 0.717) is 25.9 Å². The van der Waals surface area contributed by atoms with Crippen molar-refractivity contribution in [2.75, 3.05) is 13.7 Å². The van der Waals surface area contributed by atoms with Gasteiger partial charge in [-0.1, -0.05) is 6.07 Å². The second-order valence-corrected chi connectivity index (χ2v) is 4.11. The molecule has 0 aliphatic heterocycles. The molecule has 112 valence electrons. The number of benzene rings is 1. The average Bonchev–Trinajstić information content (AvgIpc) is 2.37. The summed E-state index contributed by atoms with van der Waals surface area (Å²) >= 11 is 0. The Morgan fingerprint density at radius 3 is 2.75 bits per heavy atom. The number of primary amides is 1. The van der Waals surface area contributed by atoms with E-state index in [-0.39, 0.29) is 17.4 Å². The van der Waals surface area contributed by atoms with Gasteiger partial charge in [-0.25, -0.2) is 0 Å². The minimum atomic E-state index is -2.90. The quantitative estimate of drug-likeness (QED) is 0.678. The molecule has 1 amide bonds. The van der Waals surface area contributed by atoms with Gasteiger partial charge in [-0.15, -0.1) is 0 Å². The fourth-order valence-corrected chi connectivity index (χ4v) is 1.64. The van der Waals surface area contributed by atoms with Crippen molar-refractivity contribution in [1.29, 1.82) is 0 Å². The second kappa shape index (κ2) is 8.31. The number of carbonyl (C=O) groups excluding carboxylic acids is 1. The van der Waals surface area contributed by atoms with E-state index < -0.39 is 6.61 Å². The van der Waals surface area contributed by atoms with Gasteiger partial charge >= 0.3 is 6.61 Å². The lowest BCUT2D eigenvalue weighted by Gasteiger charge is -2.12. The van der Waals surface area contributed by atoms with Gasteiger partial charge in [0, 0.05) is 13.0 Å². The van der Waals surface area contributed by atoms with E-state index in [2.05, 4.69) is 10.1 Å². The first-order valence-electron chi connectivity index (χ1n) is 6.13. The molecule has 0 heterocycles. The number of nitrogens with two attached hydrogens (primary N) is 1. The van der Waals surface area contributed by atoms with Gasteiger partial charge in [0.15, 0.2) is 11.5 Å². The summed E-state index contributed by atoms with van der Waals surface area (Å²) in [5.74, 6) is -0.0921. The Balaban J connectivity index is 2.51. The highest BCUT2D eigenvalue weighted by molar-refractivity contribution is 5.73. The van der Waals surface area contributed by atoms with Gasteiger partial charge in [-0.3, -0.25) is 4.79 Å². The third-order valence-corrected chi connectivity index (χ3v) is 2.55. The van der Waals surface area contributed by atoms with Crippen molar-refractivity contribution in [2.45, 2.75) is 26.0 Å². The molecule has 0 radical (unpaired) electrons. The molecule has 0 aromatic heterocycles. The van der Waals surface area contributed by atoms with Crippen LogP contribution in [0.5, 0.6) is 11.5 Å². The van der Waals surface area contributed by atoms with Crippen molar-refractivity contribution in [1.82, 2.24) is 5.32 Å². The normalized spacial score (nSPS) is 10.6. The van der Waals surface area contributed by atoms with Crippen LogP contribution in [0.4, 0.5) is 8.78 Å². The zero-order valence-corrected chi connectivity index (χ0v) is 11.2. The molecule has 0 aliphatic carbocycles. The van der Waals surface area contributed by atoms with Gasteiger partial charge in [-0.2, -0.15) is 8.78 Å². The summed E-state index contributed by atoms with van der Waals surface area (Å²) in [5, 5.41) is 3.08. The number of carbonyl (C=O) groups is 1. The molecule has 0 spiro atoms. The van der Waals surface area contributed by atoms with Crippen LogP contribution in [0.1, 0.15) is 18.4 Å². The molecule has 1 rings (SSSR count). The molecular weight excluding hydrogens is 270 g/mol. The molecule has 0 atom stereocenters. The Bertz CT molecular complexity index is 442. The first-order valence-corrected chi connectivity index (χ1v) is 6.13. The number of methoxy groups -OCH3 is 1. The van der Waals surface area contributed by atoms with Crippen LogP contribution in [0.15, 0.2) is 18.2 Å². The number of halogens is 2. The molecule has 20 heavy (non-hydrogen) atoms. The summed E-state index contributed by atoms with van der Waals surface area (Å²) < 4.78 is 33.8. The topological polar surface area (TPSA) is 73.6 Å². The van der Waals surface area contributed by atoms with Gasteiger partial charge in [-0.05, 0) is 30.7 Å². The minimum Gasteiger partial charge on any atom is -0.493 e. The van der Waals surface area contributed by atoms with Crippen LogP contribution < -0.4 is 20.5 Å². The number of hydrogen-bond acceptors (Lipinski definition) is 4. The molecule has 1 aromatic rings. The van der Waals surface area contributed by atoms with Crippen molar-refractivity contribution in [3.05, 3.63) is 23.8 Å². The number of alkyl halides is 2. The summed E-state index contributed by atoms with van der Waals surface area (Å²) in [5.41, 5.74) is 5.79. The van der Waals surface area contributed by atoms with Crippen molar-refractivity contribution in [3.63, 3.8) is 0 Å². The monoisotopic (exact) mass is 288 g/mol. The van der Waals surface area contributed by atoms with Gasteiger partial charge in [0.05, 0.1) is 7.11 Å². The minimum absolute atomic E-state index is 0.000985. The lowest BCUT2D eigenvalue weighted by atomic mass is 10.2. The van der Waals surface area contributed by atoms with Crippen molar-refractivity contribution in [3.8, 4) is 11.5 Å². The van der Waals surface area contributed by atoms with Crippen molar-refractivity contribution < 1.29 is 23.0 Å². The second-order valence-electron chi connectivity index (χ2n) is 4.11. The van der Waals surface area contributed by atoms with Crippen LogP contribution in [-0.2, 0) is 11.3 Å². The van der Waals surface area contributed by atoms with Crippen molar-refractivity contribution in [2.24, 2.45) is 5.73 Å². The Morgan fingerprint density at radius 1 is 1.40 bits per heavy atom. The standard InChI is InChI=1S/C13H18F2N2O3/c1-19-10-5-4-9(7-11(10)20-13(14)15)8-17-6-2-3-12(16)18/h4-5,7,13,17H,2-3,6,8H2,1H3,(H2,16,18). The molecule has 0 fully saturated rings. The summed E-state index contributed by atoms with van der Waals surface area (Å²) in [6.45, 7) is -1.81. The van der Waals surface area contributed by atoms with E-state index in [1.165, 1.54) is 13.2 Å². The molecule has 0 aliphatic rings. The Kier molecular flexibility index (Phi) is 6.72. The summed E-state index contributed by atoms with van der Waals surface area (Å²) in [4.78, 5) is 10.5. The van der Waals surface area contributed by atoms with Gasteiger partial charge in [0.25, 0.3) is 0 Å². The van der Waals surface area contributed by atoms with Gasteiger partial charge in [0.2, 0.25) is 5.91 Å². The zero-order valence-electron chi connectivity index (χ0n) is 11.2. The van der Waals surface area contributed by atoms with E-state index in [0.717, 1.165) is 5.56 Å². The summed E-state index contributed by atoms with van der Waals surface area (Å²) in [7, 11) is 1.38. The van der Waals surface area contributed by atoms with E-state index in [9.17, 15) is 13.6 Å². The third kappa shape index (κ3) is 5.83. The molecule has 0 bridgehead atoms. The predicted octanol–water partition coefficient (Wildman–Crippen LogP) is 1.65. The largest absolute Gasteiger partial charge is 0.493 e. The van der Waals surface area contributed by atoms with E-state index in [1.807, 2.05) is 0 Å². The van der Waals surface area contributed by atoms with E-state index in [1.54, 1.807) is 12.1 Å². The lowest BCUT2D eigenvalue weighted by Crippen LogP contribution is -2.18. The molecular formula is C13H18F2N2O3. The van der Waals surface area contributed by atoms with Crippen LogP contribution in [-0.4, -0.2) is 26.2 Å².